The molecule has 0 bridgehead atoms. The van der Waals surface area contributed by atoms with Crippen molar-refractivity contribution in [2.45, 2.75) is 31.3 Å². The van der Waals surface area contributed by atoms with Crippen LogP contribution < -0.4 is 14.2 Å². The number of carbonyl (C=O) groups excluding carboxylic acids is 1. The first-order chi connectivity index (χ1) is 19.1. The van der Waals surface area contributed by atoms with Gasteiger partial charge in [-0.15, -0.1) is 0 Å². The van der Waals surface area contributed by atoms with Crippen molar-refractivity contribution in [3.63, 3.8) is 0 Å². The predicted octanol–water partition coefficient (Wildman–Crippen LogP) is 2.99. The van der Waals surface area contributed by atoms with Gasteiger partial charge in [-0.25, -0.2) is 23.1 Å². The van der Waals surface area contributed by atoms with Crippen molar-refractivity contribution in [3.05, 3.63) is 71.7 Å². The fourth-order valence-corrected chi connectivity index (χ4v) is 5.51. The molecule has 5 rings (SSSR count). The van der Waals surface area contributed by atoms with Crippen LogP contribution in [0.1, 0.15) is 28.0 Å². The van der Waals surface area contributed by atoms with E-state index in [4.69, 9.17) is 9.47 Å². The highest BCUT2D eigenvalue weighted by atomic mass is 32.2. The highest BCUT2D eigenvalue weighted by molar-refractivity contribution is 7.92. The molecule has 1 saturated heterocycles. The number of methoxy groups -OCH3 is 1. The first-order valence-corrected chi connectivity index (χ1v) is 14.1. The molecular formula is C27H29N7O5S. The van der Waals surface area contributed by atoms with Crippen LogP contribution in [0.4, 0.5) is 5.95 Å². The third kappa shape index (κ3) is 5.73. The number of ether oxygens (including phenoxy) is 2. The number of nitrogens with one attached hydrogen (secondary N) is 1. The largest absolute Gasteiger partial charge is 0.481 e. The van der Waals surface area contributed by atoms with E-state index in [1.54, 1.807) is 36.2 Å². The van der Waals surface area contributed by atoms with Crippen LogP contribution in [0.3, 0.4) is 0 Å². The second-order valence-corrected chi connectivity index (χ2v) is 11.2. The standard InChI is InChI=1S/C27H29N7O5S/c1-17-7-5-8-18(2)25(17)22-13-24(31-27(30-22)32-40(36,37)20-14-28-33(3)16-20)39-19-11-12-34(15-19)26(35)21-9-6-10-23(29-21)38-4/h5-10,13-14,16,19H,11-12,15H2,1-4H3,(H,30,31,32). The maximum absolute atomic E-state index is 13.0. The number of carbonyl (C=O) groups is 1. The lowest BCUT2D eigenvalue weighted by atomic mass is 10.00. The van der Waals surface area contributed by atoms with Gasteiger partial charge in [-0.05, 0) is 31.0 Å². The summed E-state index contributed by atoms with van der Waals surface area (Å²) < 4.78 is 41.2. The van der Waals surface area contributed by atoms with Crippen LogP contribution in [0.15, 0.2) is 59.8 Å². The van der Waals surface area contributed by atoms with Crippen molar-refractivity contribution in [1.29, 1.82) is 0 Å². The van der Waals surface area contributed by atoms with E-state index < -0.39 is 10.0 Å². The van der Waals surface area contributed by atoms with E-state index in [1.807, 2.05) is 32.0 Å². The molecule has 1 aromatic carbocycles. The Balaban J connectivity index is 1.42. The summed E-state index contributed by atoms with van der Waals surface area (Å²) in [6, 6.07) is 12.6. The number of aryl methyl sites for hydroxylation is 3. The molecule has 12 nitrogen and oxygen atoms in total. The van der Waals surface area contributed by atoms with Crippen molar-refractivity contribution in [2.24, 2.45) is 7.05 Å². The van der Waals surface area contributed by atoms with Gasteiger partial charge in [0.2, 0.25) is 17.7 Å². The van der Waals surface area contributed by atoms with Gasteiger partial charge in [0.15, 0.2) is 0 Å². The van der Waals surface area contributed by atoms with Crippen LogP contribution in [0.5, 0.6) is 11.8 Å². The minimum absolute atomic E-state index is 0.0188. The summed E-state index contributed by atoms with van der Waals surface area (Å²) in [4.78, 5) is 27.8. The first-order valence-electron chi connectivity index (χ1n) is 12.6. The van der Waals surface area contributed by atoms with E-state index in [0.29, 0.717) is 31.1 Å². The Labute approximate surface area is 232 Å². The smallest absolute Gasteiger partial charge is 0.272 e. The molecule has 1 amide bonds. The van der Waals surface area contributed by atoms with Crippen LogP contribution in [-0.2, 0) is 17.1 Å². The Morgan fingerprint density at radius 3 is 2.50 bits per heavy atom. The number of anilines is 1. The summed E-state index contributed by atoms with van der Waals surface area (Å²) in [5.41, 5.74) is 3.58. The normalized spacial score (nSPS) is 15.2. The molecule has 0 saturated carbocycles. The Morgan fingerprint density at radius 2 is 1.80 bits per heavy atom. The number of hydrogen-bond donors (Lipinski definition) is 1. The van der Waals surface area contributed by atoms with Gasteiger partial charge in [-0.3, -0.25) is 9.48 Å². The number of nitrogens with zero attached hydrogens (tertiary/aromatic N) is 6. The second-order valence-electron chi connectivity index (χ2n) is 9.48. The van der Waals surface area contributed by atoms with Gasteiger partial charge >= 0.3 is 0 Å². The van der Waals surface area contributed by atoms with Gasteiger partial charge in [0, 0.05) is 43.9 Å². The third-order valence-electron chi connectivity index (χ3n) is 6.53. The Kier molecular flexibility index (Phi) is 7.39. The number of likely N-dealkylation sites (tertiary alicyclic amines) is 1. The molecule has 1 aliphatic heterocycles. The summed E-state index contributed by atoms with van der Waals surface area (Å²) in [5.74, 6) is 0.189. The van der Waals surface area contributed by atoms with E-state index in [-0.39, 0.29) is 34.4 Å². The minimum Gasteiger partial charge on any atom is -0.481 e. The first kappa shape index (κ1) is 27.1. The molecule has 1 unspecified atom stereocenters. The summed E-state index contributed by atoms with van der Waals surface area (Å²) in [7, 11) is -0.872. The van der Waals surface area contributed by atoms with Crippen LogP contribution in [0, 0.1) is 13.8 Å². The van der Waals surface area contributed by atoms with Gasteiger partial charge in [-0.1, -0.05) is 24.3 Å². The third-order valence-corrected chi connectivity index (χ3v) is 7.81. The molecule has 13 heteroatoms. The maximum Gasteiger partial charge on any atom is 0.272 e. The average molecular weight is 564 g/mol. The molecule has 40 heavy (non-hydrogen) atoms. The summed E-state index contributed by atoms with van der Waals surface area (Å²) in [5, 5.41) is 3.94. The summed E-state index contributed by atoms with van der Waals surface area (Å²) in [6.45, 7) is 4.70. The van der Waals surface area contributed by atoms with Crippen molar-refractivity contribution < 1.29 is 22.7 Å². The van der Waals surface area contributed by atoms with E-state index >= 15 is 0 Å². The van der Waals surface area contributed by atoms with E-state index in [1.165, 1.54) is 24.2 Å². The highest BCUT2D eigenvalue weighted by Crippen LogP contribution is 2.30. The van der Waals surface area contributed by atoms with Crippen molar-refractivity contribution in [3.8, 4) is 23.0 Å². The molecule has 0 aliphatic carbocycles. The zero-order valence-electron chi connectivity index (χ0n) is 22.5. The number of amides is 1. The van der Waals surface area contributed by atoms with E-state index in [9.17, 15) is 13.2 Å². The molecule has 0 spiro atoms. The Hall–Kier alpha value is -4.52. The van der Waals surface area contributed by atoms with Crippen molar-refractivity contribution in [1.82, 2.24) is 29.6 Å². The fraction of sp³-hybridized carbons (Fsp3) is 0.296. The van der Waals surface area contributed by atoms with Crippen molar-refractivity contribution >= 4 is 21.9 Å². The molecule has 4 heterocycles. The average Bonchev–Trinajstić information content (AvgIpc) is 3.57. The van der Waals surface area contributed by atoms with Crippen LogP contribution in [-0.4, -0.2) is 70.3 Å². The highest BCUT2D eigenvalue weighted by Gasteiger charge is 2.30. The molecule has 4 aromatic rings. The Morgan fingerprint density at radius 1 is 1.05 bits per heavy atom. The zero-order chi connectivity index (χ0) is 28.4. The quantitative estimate of drug-likeness (QED) is 0.342. The number of pyridine rings is 1. The predicted molar refractivity (Wildman–Crippen MR) is 147 cm³/mol. The zero-order valence-corrected chi connectivity index (χ0v) is 23.3. The van der Waals surface area contributed by atoms with Gasteiger partial charge < -0.3 is 14.4 Å². The topological polar surface area (TPSA) is 141 Å². The van der Waals surface area contributed by atoms with Gasteiger partial charge in [0.05, 0.1) is 25.5 Å². The molecule has 0 radical (unpaired) electrons. The number of hydrogen-bond acceptors (Lipinski definition) is 9. The molecule has 1 atom stereocenters. The Bertz CT molecular complexity index is 1650. The second kappa shape index (κ2) is 10.9. The van der Waals surface area contributed by atoms with E-state index in [2.05, 4.69) is 24.8 Å². The molecule has 1 N–H and O–H groups in total. The van der Waals surface area contributed by atoms with Crippen LogP contribution >= 0.6 is 0 Å². The van der Waals surface area contributed by atoms with Gasteiger partial charge in [0.1, 0.15) is 16.7 Å². The maximum atomic E-state index is 13.0. The molecular weight excluding hydrogens is 534 g/mol. The van der Waals surface area contributed by atoms with Gasteiger partial charge in [-0.2, -0.15) is 10.1 Å². The molecule has 1 aliphatic rings. The minimum atomic E-state index is -4.00. The number of aromatic nitrogens is 5. The summed E-state index contributed by atoms with van der Waals surface area (Å²) in [6.07, 6.45) is 2.83. The van der Waals surface area contributed by atoms with Gasteiger partial charge in [0.25, 0.3) is 15.9 Å². The molecule has 3 aromatic heterocycles. The number of sulfonamides is 1. The monoisotopic (exact) mass is 563 g/mol. The summed E-state index contributed by atoms with van der Waals surface area (Å²) >= 11 is 0. The SMILES string of the molecule is COc1cccc(C(=O)N2CCC(Oc3cc(-c4c(C)cccc4C)nc(NS(=O)(=O)c4cnn(C)c4)n3)C2)n1. The lowest BCUT2D eigenvalue weighted by Crippen LogP contribution is -2.31. The van der Waals surface area contributed by atoms with E-state index in [0.717, 1.165) is 16.7 Å². The molecule has 1 fully saturated rings. The number of benzene rings is 1. The van der Waals surface area contributed by atoms with Crippen LogP contribution in [0.2, 0.25) is 0 Å². The molecule has 208 valence electrons. The fourth-order valence-electron chi connectivity index (χ4n) is 4.58. The van der Waals surface area contributed by atoms with Crippen molar-refractivity contribution in [2.75, 3.05) is 24.9 Å². The lowest BCUT2D eigenvalue weighted by molar-refractivity contribution is 0.0764. The number of rotatable bonds is 8. The lowest BCUT2D eigenvalue weighted by Gasteiger charge is -2.18. The van der Waals surface area contributed by atoms with Crippen LogP contribution in [0.25, 0.3) is 11.3 Å².